The minimum Gasteiger partial charge on any atom is -0.461 e. The summed E-state index contributed by atoms with van der Waals surface area (Å²) in [5.41, 5.74) is 0. The van der Waals surface area contributed by atoms with Gasteiger partial charge in [-0.15, -0.1) is 11.3 Å². The number of ether oxygens (including phenoxy) is 1. The standard InChI is InChI=1S/C20H16O2S2/c1-4-5-12(2)22-18-11-15-8-7-14-10-17(16-9-6-13(3)21-16)23-19(14)20(15)24-18/h4-11H,1H2,2-3H3/b12-5-. The fourth-order valence-electron chi connectivity index (χ4n) is 2.67. The maximum Gasteiger partial charge on any atom is 0.181 e. The molecule has 0 bridgehead atoms. The molecule has 0 aliphatic carbocycles. The number of allylic oxidation sites excluding steroid dienone is 3. The van der Waals surface area contributed by atoms with Crippen molar-refractivity contribution < 1.29 is 9.15 Å². The molecule has 0 aliphatic rings. The lowest BCUT2D eigenvalue weighted by Gasteiger charge is -1.99. The molecule has 0 amide bonds. The molecular weight excluding hydrogens is 336 g/mol. The fraction of sp³-hybridized carbons (Fsp3) is 0.100. The van der Waals surface area contributed by atoms with Crippen LogP contribution in [0.15, 0.2) is 65.3 Å². The first-order valence-electron chi connectivity index (χ1n) is 7.64. The molecule has 0 aliphatic heterocycles. The van der Waals surface area contributed by atoms with E-state index in [2.05, 4.69) is 30.8 Å². The van der Waals surface area contributed by atoms with Gasteiger partial charge in [0.1, 0.15) is 17.3 Å². The van der Waals surface area contributed by atoms with Crippen molar-refractivity contribution in [2.75, 3.05) is 0 Å². The summed E-state index contributed by atoms with van der Waals surface area (Å²) < 4.78 is 14.2. The highest BCUT2D eigenvalue weighted by molar-refractivity contribution is 7.29. The van der Waals surface area contributed by atoms with Crippen molar-refractivity contribution in [3.05, 3.63) is 66.6 Å². The second-order valence-electron chi connectivity index (χ2n) is 5.60. The summed E-state index contributed by atoms with van der Waals surface area (Å²) in [6.07, 6.45) is 3.60. The van der Waals surface area contributed by atoms with Gasteiger partial charge in [0.2, 0.25) is 0 Å². The van der Waals surface area contributed by atoms with Gasteiger partial charge in [0.05, 0.1) is 14.3 Å². The van der Waals surface area contributed by atoms with Gasteiger partial charge in [-0.2, -0.15) is 0 Å². The Labute approximate surface area is 148 Å². The molecule has 3 heterocycles. The number of benzene rings is 1. The van der Waals surface area contributed by atoms with Crippen LogP contribution in [0.5, 0.6) is 5.06 Å². The molecule has 4 heteroatoms. The van der Waals surface area contributed by atoms with Crippen LogP contribution in [0.1, 0.15) is 12.7 Å². The molecule has 0 N–H and O–H groups in total. The van der Waals surface area contributed by atoms with E-state index in [9.17, 15) is 0 Å². The number of aryl methyl sites for hydroxylation is 1. The van der Waals surface area contributed by atoms with Crippen LogP contribution in [0, 0.1) is 6.92 Å². The Morgan fingerprint density at radius 1 is 1.08 bits per heavy atom. The minimum absolute atomic E-state index is 0.839. The Morgan fingerprint density at radius 2 is 1.83 bits per heavy atom. The average molecular weight is 352 g/mol. The summed E-state index contributed by atoms with van der Waals surface area (Å²) >= 11 is 3.44. The summed E-state index contributed by atoms with van der Waals surface area (Å²) in [6, 6.07) is 12.6. The lowest BCUT2D eigenvalue weighted by molar-refractivity contribution is 0.440. The van der Waals surface area contributed by atoms with Gasteiger partial charge in [-0.25, -0.2) is 0 Å². The van der Waals surface area contributed by atoms with Crippen LogP contribution in [0.4, 0.5) is 0 Å². The van der Waals surface area contributed by atoms with Gasteiger partial charge in [-0.3, -0.25) is 0 Å². The third-order valence-corrected chi connectivity index (χ3v) is 6.10. The van der Waals surface area contributed by atoms with Crippen LogP contribution in [0.2, 0.25) is 0 Å². The molecule has 0 unspecified atom stereocenters. The van der Waals surface area contributed by atoms with E-state index in [-0.39, 0.29) is 0 Å². The van der Waals surface area contributed by atoms with Gasteiger partial charge in [0.25, 0.3) is 0 Å². The molecular formula is C20H16O2S2. The normalized spacial score (nSPS) is 12.2. The van der Waals surface area contributed by atoms with E-state index in [1.807, 2.05) is 32.1 Å². The molecule has 4 rings (SSSR count). The SMILES string of the molecule is C=C/C=C(/C)Oc1cc2ccc3cc(-c4ccc(C)o4)sc3c2s1. The highest BCUT2D eigenvalue weighted by Crippen LogP contribution is 2.43. The highest BCUT2D eigenvalue weighted by atomic mass is 32.1. The Bertz CT molecular complexity index is 1080. The maximum atomic E-state index is 5.88. The Kier molecular flexibility index (Phi) is 3.79. The van der Waals surface area contributed by atoms with E-state index in [4.69, 9.17) is 9.15 Å². The van der Waals surface area contributed by atoms with E-state index < -0.39 is 0 Å². The zero-order valence-corrected chi connectivity index (χ0v) is 15.1. The van der Waals surface area contributed by atoms with Crippen LogP contribution >= 0.6 is 22.7 Å². The summed E-state index contributed by atoms with van der Waals surface area (Å²) in [4.78, 5) is 1.16. The zero-order chi connectivity index (χ0) is 16.7. The van der Waals surface area contributed by atoms with Crippen LogP contribution in [0.3, 0.4) is 0 Å². The van der Waals surface area contributed by atoms with Gasteiger partial charge in [-0.1, -0.05) is 36.1 Å². The topological polar surface area (TPSA) is 22.4 Å². The summed E-state index contributed by atoms with van der Waals surface area (Å²) in [5, 5.41) is 3.35. The van der Waals surface area contributed by atoms with Crippen LogP contribution in [-0.2, 0) is 0 Å². The quantitative estimate of drug-likeness (QED) is 0.287. The first-order valence-corrected chi connectivity index (χ1v) is 9.27. The van der Waals surface area contributed by atoms with E-state index in [1.165, 1.54) is 20.2 Å². The fourth-order valence-corrected chi connectivity index (χ4v) is 5.00. The van der Waals surface area contributed by atoms with Gasteiger partial charge in [-0.05, 0) is 48.9 Å². The molecule has 3 aromatic heterocycles. The summed E-state index contributed by atoms with van der Waals surface area (Å²) in [7, 11) is 0. The van der Waals surface area contributed by atoms with Crippen molar-refractivity contribution in [1.82, 2.24) is 0 Å². The third kappa shape index (κ3) is 2.68. The number of hydrogen-bond acceptors (Lipinski definition) is 4. The molecule has 1 aromatic carbocycles. The highest BCUT2D eigenvalue weighted by Gasteiger charge is 2.13. The van der Waals surface area contributed by atoms with Crippen molar-refractivity contribution in [2.45, 2.75) is 13.8 Å². The number of fused-ring (bicyclic) bond motifs is 3. The summed E-state index contributed by atoms with van der Waals surface area (Å²) in [5.74, 6) is 2.70. The largest absolute Gasteiger partial charge is 0.461 e. The first kappa shape index (κ1) is 15.2. The molecule has 0 spiro atoms. The maximum absolute atomic E-state index is 5.88. The molecule has 24 heavy (non-hydrogen) atoms. The van der Waals surface area contributed by atoms with Crippen LogP contribution < -0.4 is 4.74 Å². The molecule has 0 saturated carbocycles. The van der Waals surface area contributed by atoms with Crippen molar-refractivity contribution in [1.29, 1.82) is 0 Å². The molecule has 0 radical (unpaired) electrons. The van der Waals surface area contributed by atoms with E-state index in [0.29, 0.717) is 0 Å². The first-order chi connectivity index (χ1) is 11.6. The molecule has 0 atom stereocenters. The Hall–Kier alpha value is -2.30. The second kappa shape index (κ2) is 5.96. The van der Waals surface area contributed by atoms with Crippen molar-refractivity contribution in [3.8, 4) is 15.7 Å². The van der Waals surface area contributed by atoms with Crippen molar-refractivity contribution in [3.63, 3.8) is 0 Å². The zero-order valence-electron chi connectivity index (χ0n) is 13.5. The van der Waals surface area contributed by atoms with Gasteiger partial charge in [0.15, 0.2) is 5.06 Å². The lowest BCUT2D eigenvalue weighted by Crippen LogP contribution is -1.86. The number of rotatable bonds is 4. The lowest BCUT2D eigenvalue weighted by atomic mass is 10.2. The molecule has 0 fully saturated rings. The monoisotopic (exact) mass is 352 g/mol. The third-order valence-electron chi connectivity index (χ3n) is 3.75. The van der Waals surface area contributed by atoms with Crippen molar-refractivity contribution >= 4 is 42.8 Å². The van der Waals surface area contributed by atoms with Crippen LogP contribution in [0.25, 0.3) is 30.8 Å². The smallest absolute Gasteiger partial charge is 0.181 e. The van der Waals surface area contributed by atoms with E-state index in [0.717, 1.165) is 27.2 Å². The van der Waals surface area contributed by atoms with Gasteiger partial charge in [0, 0.05) is 6.07 Å². The number of hydrogen-bond donors (Lipinski definition) is 0. The van der Waals surface area contributed by atoms with Crippen molar-refractivity contribution in [2.24, 2.45) is 0 Å². The molecule has 0 saturated heterocycles. The Balaban J connectivity index is 1.81. The Morgan fingerprint density at radius 3 is 2.54 bits per heavy atom. The predicted octanol–water partition coefficient (Wildman–Crippen LogP) is 7.15. The second-order valence-corrected chi connectivity index (χ2v) is 7.67. The number of furan rings is 1. The molecule has 120 valence electrons. The molecule has 4 aromatic rings. The average Bonchev–Trinajstić information content (AvgIpc) is 3.23. The van der Waals surface area contributed by atoms with Crippen LogP contribution in [-0.4, -0.2) is 0 Å². The van der Waals surface area contributed by atoms with Gasteiger partial charge >= 0.3 is 0 Å². The van der Waals surface area contributed by atoms with E-state index >= 15 is 0 Å². The number of thiophene rings is 2. The van der Waals surface area contributed by atoms with Gasteiger partial charge < -0.3 is 9.15 Å². The minimum atomic E-state index is 0.839. The van der Waals surface area contributed by atoms with E-state index in [1.54, 1.807) is 28.7 Å². The summed E-state index contributed by atoms with van der Waals surface area (Å²) in [6.45, 7) is 7.60. The molecule has 2 nitrogen and oxygen atoms in total. The predicted molar refractivity (Wildman–Crippen MR) is 104 cm³/mol.